The van der Waals surface area contributed by atoms with Crippen molar-refractivity contribution in [1.82, 2.24) is 20.2 Å². The van der Waals surface area contributed by atoms with E-state index >= 15 is 0 Å². The second-order valence-corrected chi connectivity index (χ2v) is 5.62. The minimum absolute atomic E-state index is 0.134. The van der Waals surface area contributed by atoms with Crippen LogP contribution in [-0.2, 0) is 4.79 Å². The molecule has 1 N–H and O–H groups in total. The number of amides is 1. The molecule has 1 unspecified atom stereocenters. The maximum absolute atomic E-state index is 12.2. The summed E-state index contributed by atoms with van der Waals surface area (Å²) in [6.07, 6.45) is 1.73. The number of nitrogens with one attached hydrogen (secondary N) is 1. The monoisotopic (exact) mass is 266 g/mol. The standard InChI is InChI=1S/C12H18N4OS/c1-9-3-4-14-12(15-9)18-10(2)11(17)16-7-5-13-6-8-16/h3-4,10,13H,5-8H2,1-2H3. The molecule has 6 heteroatoms. The van der Waals surface area contributed by atoms with Crippen molar-refractivity contribution in [3.63, 3.8) is 0 Å². The van der Waals surface area contributed by atoms with Gasteiger partial charge >= 0.3 is 0 Å². The van der Waals surface area contributed by atoms with Crippen LogP contribution in [0.25, 0.3) is 0 Å². The lowest BCUT2D eigenvalue weighted by Crippen LogP contribution is -2.48. The van der Waals surface area contributed by atoms with E-state index in [4.69, 9.17) is 0 Å². The highest BCUT2D eigenvalue weighted by molar-refractivity contribution is 8.00. The lowest BCUT2D eigenvalue weighted by molar-refractivity contribution is -0.130. The first-order valence-corrected chi connectivity index (χ1v) is 7.00. The Kier molecular flexibility index (Phi) is 4.54. The summed E-state index contributed by atoms with van der Waals surface area (Å²) >= 11 is 1.43. The average molecular weight is 266 g/mol. The molecule has 2 heterocycles. The summed E-state index contributed by atoms with van der Waals surface area (Å²) in [7, 11) is 0. The Labute approximate surface area is 111 Å². The summed E-state index contributed by atoms with van der Waals surface area (Å²) in [6, 6.07) is 1.85. The van der Waals surface area contributed by atoms with Gasteiger partial charge in [-0.25, -0.2) is 9.97 Å². The molecule has 1 aromatic heterocycles. The van der Waals surface area contributed by atoms with Crippen LogP contribution in [0.1, 0.15) is 12.6 Å². The quantitative estimate of drug-likeness (QED) is 0.644. The number of piperazine rings is 1. The van der Waals surface area contributed by atoms with Crippen molar-refractivity contribution in [2.75, 3.05) is 26.2 Å². The number of nitrogens with zero attached hydrogens (tertiary/aromatic N) is 3. The highest BCUT2D eigenvalue weighted by atomic mass is 32.2. The van der Waals surface area contributed by atoms with Crippen molar-refractivity contribution in [1.29, 1.82) is 0 Å². The molecular weight excluding hydrogens is 248 g/mol. The molecule has 98 valence electrons. The number of aryl methyl sites for hydroxylation is 1. The van der Waals surface area contributed by atoms with E-state index in [0.29, 0.717) is 5.16 Å². The first-order chi connectivity index (χ1) is 8.66. The zero-order chi connectivity index (χ0) is 13.0. The van der Waals surface area contributed by atoms with Gasteiger partial charge in [-0.15, -0.1) is 0 Å². The average Bonchev–Trinajstić information content (AvgIpc) is 2.39. The van der Waals surface area contributed by atoms with Gasteiger partial charge in [0.25, 0.3) is 0 Å². The van der Waals surface area contributed by atoms with Gasteiger partial charge in [-0.05, 0) is 19.9 Å². The summed E-state index contributed by atoms with van der Waals surface area (Å²) in [6.45, 7) is 7.18. The Morgan fingerprint density at radius 3 is 2.89 bits per heavy atom. The van der Waals surface area contributed by atoms with Crippen molar-refractivity contribution in [3.05, 3.63) is 18.0 Å². The number of rotatable bonds is 3. The molecule has 1 aliphatic rings. The fraction of sp³-hybridized carbons (Fsp3) is 0.583. The van der Waals surface area contributed by atoms with E-state index < -0.39 is 0 Å². The number of thioether (sulfide) groups is 1. The summed E-state index contributed by atoms with van der Waals surface area (Å²) in [5, 5.41) is 3.78. The largest absolute Gasteiger partial charge is 0.339 e. The van der Waals surface area contributed by atoms with Crippen LogP contribution in [0.2, 0.25) is 0 Å². The molecule has 18 heavy (non-hydrogen) atoms. The Morgan fingerprint density at radius 1 is 1.50 bits per heavy atom. The summed E-state index contributed by atoms with van der Waals surface area (Å²) < 4.78 is 0. The predicted molar refractivity (Wildman–Crippen MR) is 71.5 cm³/mol. The maximum Gasteiger partial charge on any atom is 0.235 e. The molecule has 1 fully saturated rings. The van der Waals surface area contributed by atoms with Crippen LogP contribution in [0.4, 0.5) is 0 Å². The molecular formula is C12H18N4OS. The predicted octanol–water partition coefficient (Wildman–Crippen LogP) is 0.697. The molecule has 0 aromatic carbocycles. The van der Waals surface area contributed by atoms with Crippen LogP contribution in [0.15, 0.2) is 17.4 Å². The SMILES string of the molecule is Cc1ccnc(SC(C)C(=O)N2CCNCC2)n1. The van der Waals surface area contributed by atoms with Gasteiger partial charge < -0.3 is 10.2 Å². The van der Waals surface area contributed by atoms with Crippen LogP contribution in [0.3, 0.4) is 0 Å². The highest BCUT2D eigenvalue weighted by Gasteiger charge is 2.23. The second-order valence-electron chi connectivity index (χ2n) is 4.32. The van der Waals surface area contributed by atoms with Gasteiger partial charge in [0.2, 0.25) is 5.91 Å². The fourth-order valence-corrected chi connectivity index (χ4v) is 2.72. The van der Waals surface area contributed by atoms with E-state index in [-0.39, 0.29) is 11.2 Å². The molecule has 1 atom stereocenters. The maximum atomic E-state index is 12.2. The molecule has 1 amide bonds. The van der Waals surface area contributed by atoms with Gasteiger partial charge in [-0.2, -0.15) is 0 Å². The molecule has 0 aliphatic carbocycles. The molecule has 1 aliphatic heterocycles. The molecule has 0 bridgehead atoms. The lowest BCUT2D eigenvalue weighted by atomic mass is 10.3. The number of aromatic nitrogens is 2. The van der Waals surface area contributed by atoms with Crippen LogP contribution >= 0.6 is 11.8 Å². The molecule has 0 saturated carbocycles. The van der Waals surface area contributed by atoms with Gasteiger partial charge in [0.05, 0.1) is 5.25 Å². The van der Waals surface area contributed by atoms with Crippen LogP contribution in [-0.4, -0.2) is 52.2 Å². The molecule has 0 radical (unpaired) electrons. The van der Waals surface area contributed by atoms with Gasteiger partial charge in [0.15, 0.2) is 5.16 Å². The number of carbonyl (C=O) groups is 1. The van der Waals surface area contributed by atoms with E-state index in [1.807, 2.05) is 24.8 Å². The summed E-state index contributed by atoms with van der Waals surface area (Å²) in [4.78, 5) is 22.6. The molecule has 1 aromatic rings. The van der Waals surface area contributed by atoms with Crippen LogP contribution < -0.4 is 5.32 Å². The first-order valence-electron chi connectivity index (χ1n) is 6.12. The van der Waals surface area contributed by atoms with E-state index in [1.165, 1.54) is 11.8 Å². The third kappa shape index (κ3) is 3.43. The Bertz CT molecular complexity index is 420. The highest BCUT2D eigenvalue weighted by Crippen LogP contribution is 2.20. The van der Waals surface area contributed by atoms with Crippen LogP contribution in [0, 0.1) is 6.92 Å². The Balaban J connectivity index is 1.94. The van der Waals surface area contributed by atoms with Crippen molar-refractivity contribution >= 4 is 17.7 Å². The smallest absolute Gasteiger partial charge is 0.235 e. The van der Waals surface area contributed by atoms with Crippen molar-refractivity contribution in [3.8, 4) is 0 Å². The third-order valence-corrected chi connectivity index (χ3v) is 3.79. The summed E-state index contributed by atoms with van der Waals surface area (Å²) in [5.74, 6) is 0.173. The number of hydrogen-bond acceptors (Lipinski definition) is 5. The minimum atomic E-state index is -0.134. The molecule has 0 spiro atoms. The zero-order valence-electron chi connectivity index (χ0n) is 10.7. The van der Waals surface area contributed by atoms with E-state index in [0.717, 1.165) is 31.9 Å². The van der Waals surface area contributed by atoms with E-state index in [9.17, 15) is 4.79 Å². The normalized spacial score (nSPS) is 17.6. The topological polar surface area (TPSA) is 58.1 Å². The fourth-order valence-electron chi connectivity index (χ4n) is 1.83. The van der Waals surface area contributed by atoms with Gasteiger partial charge in [0, 0.05) is 38.1 Å². The van der Waals surface area contributed by atoms with Gasteiger partial charge in [0.1, 0.15) is 0 Å². The number of carbonyl (C=O) groups excluding carboxylic acids is 1. The minimum Gasteiger partial charge on any atom is -0.339 e. The van der Waals surface area contributed by atoms with E-state index in [1.54, 1.807) is 6.20 Å². The second kappa shape index (κ2) is 6.15. The van der Waals surface area contributed by atoms with Crippen molar-refractivity contribution in [2.24, 2.45) is 0 Å². The molecule has 2 rings (SSSR count). The van der Waals surface area contributed by atoms with Crippen LogP contribution in [0.5, 0.6) is 0 Å². The number of hydrogen-bond donors (Lipinski definition) is 1. The molecule has 5 nitrogen and oxygen atoms in total. The summed E-state index contributed by atoms with van der Waals surface area (Å²) in [5.41, 5.74) is 0.925. The zero-order valence-corrected chi connectivity index (χ0v) is 11.5. The molecule has 1 saturated heterocycles. The van der Waals surface area contributed by atoms with Crippen molar-refractivity contribution in [2.45, 2.75) is 24.3 Å². The lowest BCUT2D eigenvalue weighted by Gasteiger charge is -2.29. The Morgan fingerprint density at radius 2 is 2.22 bits per heavy atom. The van der Waals surface area contributed by atoms with E-state index in [2.05, 4.69) is 15.3 Å². The van der Waals surface area contributed by atoms with Crippen molar-refractivity contribution < 1.29 is 4.79 Å². The Hall–Kier alpha value is -1.14. The third-order valence-electron chi connectivity index (χ3n) is 2.83. The first kappa shape index (κ1) is 13.3. The van der Waals surface area contributed by atoms with Gasteiger partial charge in [-0.1, -0.05) is 11.8 Å². The van der Waals surface area contributed by atoms with Gasteiger partial charge in [-0.3, -0.25) is 4.79 Å².